The lowest BCUT2D eigenvalue weighted by molar-refractivity contribution is -0.130. The van der Waals surface area contributed by atoms with Crippen molar-refractivity contribution < 1.29 is 27.4 Å². The number of methoxy groups -OCH3 is 1. The van der Waals surface area contributed by atoms with Crippen LogP contribution >= 0.6 is 0 Å². The number of benzene rings is 2. The highest BCUT2D eigenvalue weighted by Crippen LogP contribution is 2.31. The molecular weight excluding hydrogens is 361 g/mol. The van der Waals surface area contributed by atoms with Crippen LogP contribution in [0.5, 0.6) is 11.5 Å². The highest BCUT2D eigenvalue weighted by atomic mass is 19.3. The van der Waals surface area contributed by atoms with Crippen molar-refractivity contribution in [3.63, 3.8) is 0 Å². The van der Waals surface area contributed by atoms with Crippen molar-refractivity contribution in [3.8, 4) is 11.5 Å². The Morgan fingerprint density at radius 3 is 2.56 bits per heavy atom. The number of alkyl halides is 2. The Kier molecular flexibility index (Phi) is 6.92. The maximum absolute atomic E-state index is 13.3. The lowest BCUT2D eigenvalue weighted by atomic mass is 10.2. The van der Waals surface area contributed by atoms with Gasteiger partial charge in [-0.3, -0.25) is 4.79 Å². The van der Waals surface area contributed by atoms with Crippen LogP contribution in [-0.2, 0) is 11.3 Å². The van der Waals surface area contributed by atoms with Crippen molar-refractivity contribution in [1.82, 2.24) is 4.90 Å². The summed E-state index contributed by atoms with van der Waals surface area (Å²) in [4.78, 5) is 14.0. The first-order chi connectivity index (χ1) is 12.8. The fourth-order valence-corrected chi connectivity index (χ4v) is 2.58. The third-order valence-corrected chi connectivity index (χ3v) is 3.82. The molecule has 0 aliphatic heterocycles. The number of likely N-dealkylation sites (N-methyl/N-ethyl adjacent to an activating group) is 1. The lowest BCUT2D eigenvalue weighted by Crippen LogP contribution is -2.38. The number of halogens is 3. The first-order valence-electron chi connectivity index (χ1n) is 8.19. The van der Waals surface area contributed by atoms with Crippen LogP contribution in [0.4, 0.5) is 18.9 Å². The van der Waals surface area contributed by atoms with E-state index in [2.05, 4.69) is 10.1 Å². The predicted octanol–water partition coefficient (Wildman–Crippen LogP) is 3.89. The Morgan fingerprint density at radius 2 is 1.93 bits per heavy atom. The molecule has 5 nitrogen and oxygen atoms in total. The molecule has 2 rings (SSSR count). The van der Waals surface area contributed by atoms with Gasteiger partial charge in [0.15, 0.2) is 11.5 Å². The van der Waals surface area contributed by atoms with Gasteiger partial charge in [-0.25, -0.2) is 4.39 Å². The summed E-state index contributed by atoms with van der Waals surface area (Å²) in [5.41, 5.74) is 1.08. The molecule has 1 unspecified atom stereocenters. The topological polar surface area (TPSA) is 50.8 Å². The number of anilines is 1. The molecule has 1 atom stereocenters. The van der Waals surface area contributed by atoms with Gasteiger partial charge in [-0.15, -0.1) is 0 Å². The number of nitrogens with one attached hydrogen (secondary N) is 1. The number of rotatable bonds is 8. The summed E-state index contributed by atoms with van der Waals surface area (Å²) in [6, 6.07) is 9.74. The maximum atomic E-state index is 13.3. The predicted molar refractivity (Wildman–Crippen MR) is 95.6 cm³/mol. The molecule has 0 aliphatic rings. The molecule has 2 aromatic rings. The molecule has 0 spiro atoms. The van der Waals surface area contributed by atoms with E-state index in [0.29, 0.717) is 11.3 Å². The zero-order chi connectivity index (χ0) is 20.0. The number of carbonyl (C=O) groups is 1. The Balaban J connectivity index is 2.04. The van der Waals surface area contributed by atoms with Gasteiger partial charge in [0, 0.05) is 25.3 Å². The fourth-order valence-electron chi connectivity index (χ4n) is 2.58. The average Bonchev–Trinajstić information content (AvgIpc) is 2.60. The number of carbonyl (C=O) groups excluding carboxylic acids is 1. The van der Waals surface area contributed by atoms with Crippen LogP contribution in [0.25, 0.3) is 0 Å². The average molecular weight is 382 g/mol. The molecule has 2 aromatic carbocycles. The molecule has 0 heterocycles. The second-order valence-electron chi connectivity index (χ2n) is 5.93. The first kappa shape index (κ1) is 20.4. The SMILES string of the molecule is COc1ccc(NC(C)C(=O)N(C)Cc2cccc(F)c2)cc1OC(F)F. The zero-order valence-corrected chi connectivity index (χ0v) is 15.2. The van der Waals surface area contributed by atoms with Gasteiger partial charge in [-0.05, 0) is 36.8 Å². The van der Waals surface area contributed by atoms with Crippen LogP contribution in [-0.4, -0.2) is 37.6 Å². The van der Waals surface area contributed by atoms with Crippen molar-refractivity contribution in [1.29, 1.82) is 0 Å². The first-order valence-corrected chi connectivity index (χ1v) is 8.19. The number of nitrogens with zero attached hydrogens (tertiary/aromatic N) is 1. The van der Waals surface area contributed by atoms with Gasteiger partial charge >= 0.3 is 6.61 Å². The summed E-state index contributed by atoms with van der Waals surface area (Å²) in [5.74, 6) is -0.593. The summed E-state index contributed by atoms with van der Waals surface area (Å²) in [6.45, 7) is -1.11. The molecule has 1 amide bonds. The Hall–Kier alpha value is -2.90. The molecule has 146 valence electrons. The van der Waals surface area contributed by atoms with E-state index in [1.807, 2.05) is 0 Å². The summed E-state index contributed by atoms with van der Waals surface area (Å²) < 4.78 is 47.7. The van der Waals surface area contributed by atoms with Gasteiger partial charge in [0.1, 0.15) is 11.9 Å². The Morgan fingerprint density at radius 1 is 1.19 bits per heavy atom. The molecule has 1 N–H and O–H groups in total. The molecule has 0 bridgehead atoms. The van der Waals surface area contributed by atoms with Crippen LogP contribution in [0.15, 0.2) is 42.5 Å². The van der Waals surface area contributed by atoms with Crippen molar-refractivity contribution in [3.05, 3.63) is 53.8 Å². The number of amides is 1. The summed E-state index contributed by atoms with van der Waals surface area (Å²) >= 11 is 0. The molecule has 0 radical (unpaired) electrons. The third kappa shape index (κ3) is 5.80. The van der Waals surface area contributed by atoms with Crippen molar-refractivity contribution in [2.75, 3.05) is 19.5 Å². The van der Waals surface area contributed by atoms with Crippen LogP contribution in [0, 0.1) is 5.82 Å². The second-order valence-corrected chi connectivity index (χ2v) is 5.93. The summed E-state index contributed by atoms with van der Waals surface area (Å²) in [5, 5.41) is 2.94. The van der Waals surface area contributed by atoms with E-state index < -0.39 is 12.7 Å². The third-order valence-electron chi connectivity index (χ3n) is 3.82. The van der Waals surface area contributed by atoms with Crippen LogP contribution in [0.1, 0.15) is 12.5 Å². The highest BCUT2D eigenvalue weighted by molar-refractivity contribution is 5.84. The quantitative estimate of drug-likeness (QED) is 0.753. The summed E-state index contributed by atoms with van der Waals surface area (Å²) in [7, 11) is 2.94. The van der Waals surface area contributed by atoms with E-state index >= 15 is 0 Å². The molecule has 0 fully saturated rings. The maximum Gasteiger partial charge on any atom is 0.387 e. The molecule has 0 saturated carbocycles. The minimum atomic E-state index is -2.99. The van der Waals surface area contributed by atoms with Crippen LogP contribution in [0.3, 0.4) is 0 Å². The van der Waals surface area contributed by atoms with Gasteiger partial charge in [-0.2, -0.15) is 8.78 Å². The van der Waals surface area contributed by atoms with E-state index in [1.54, 1.807) is 32.2 Å². The second kappa shape index (κ2) is 9.16. The van der Waals surface area contributed by atoms with Gasteiger partial charge in [0.2, 0.25) is 5.91 Å². The normalized spacial score (nSPS) is 11.8. The van der Waals surface area contributed by atoms with Crippen LogP contribution < -0.4 is 14.8 Å². The molecule has 0 saturated heterocycles. The summed E-state index contributed by atoms with van der Waals surface area (Å²) in [6.07, 6.45) is 0. The largest absolute Gasteiger partial charge is 0.493 e. The van der Waals surface area contributed by atoms with E-state index in [1.165, 1.54) is 36.3 Å². The molecule has 0 aliphatic carbocycles. The molecule has 27 heavy (non-hydrogen) atoms. The minimum Gasteiger partial charge on any atom is -0.493 e. The fraction of sp³-hybridized carbons (Fsp3) is 0.316. The number of ether oxygens (including phenoxy) is 2. The van der Waals surface area contributed by atoms with Crippen molar-refractivity contribution in [2.24, 2.45) is 0 Å². The Labute approximate surface area is 155 Å². The lowest BCUT2D eigenvalue weighted by Gasteiger charge is -2.23. The smallest absolute Gasteiger partial charge is 0.387 e. The molecular formula is C19H21F3N2O3. The monoisotopic (exact) mass is 382 g/mol. The van der Waals surface area contributed by atoms with Gasteiger partial charge in [0.25, 0.3) is 0 Å². The minimum absolute atomic E-state index is 0.134. The van der Waals surface area contributed by atoms with Crippen molar-refractivity contribution in [2.45, 2.75) is 26.1 Å². The molecule has 8 heteroatoms. The van der Waals surface area contributed by atoms with Crippen molar-refractivity contribution >= 4 is 11.6 Å². The van der Waals surface area contributed by atoms with E-state index in [9.17, 15) is 18.0 Å². The molecule has 0 aromatic heterocycles. The highest BCUT2D eigenvalue weighted by Gasteiger charge is 2.19. The van der Waals surface area contributed by atoms with Gasteiger partial charge < -0.3 is 19.7 Å². The van der Waals surface area contributed by atoms with E-state index in [4.69, 9.17) is 4.74 Å². The number of hydrogen-bond donors (Lipinski definition) is 1. The van der Waals surface area contributed by atoms with E-state index in [0.717, 1.165) is 0 Å². The van der Waals surface area contributed by atoms with E-state index in [-0.39, 0.29) is 29.8 Å². The number of hydrogen-bond acceptors (Lipinski definition) is 4. The Bertz CT molecular complexity index is 787. The van der Waals surface area contributed by atoms with Crippen LogP contribution in [0.2, 0.25) is 0 Å². The standard InChI is InChI=1S/C19H21F3N2O3/c1-12(18(25)24(2)11-13-5-4-6-14(20)9-13)23-15-7-8-16(26-3)17(10-15)27-19(21)22/h4-10,12,19,23H,11H2,1-3H3. The van der Waals surface area contributed by atoms with Gasteiger partial charge in [-0.1, -0.05) is 12.1 Å². The van der Waals surface area contributed by atoms with Gasteiger partial charge in [0.05, 0.1) is 7.11 Å². The zero-order valence-electron chi connectivity index (χ0n) is 15.2.